The van der Waals surface area contributed by atoms with E-state index in [1.165, 1.54) is 6.66 Å². The molecule has 0 fully saturated rings. The summed E-state index contributed by atoms with van der Waals surface area (Å²) in [5.74, 6) is 0.191. The maximum absolute atomic E-state index is 12.1. The Morgan fingerprint density at radius 3 is 2.38 bits per heavy atom. The van der Waals surface area contributed by atoms with Crippen molar-refractivity contribution in [1.29, 1.82) is 0 Å². The van der Waals surface area contributed by atoms with Crippen LogP contribution in [0.1, 0.15) is 27.2 Å². The first-order valence-corrected chi connectivity index (χ1v) is 8.90. The number of ether oxygens (including phenoxy) is 1. The molecule has 0 aliphatic rings. The Hall–Kier alpha value is -1.32. The summed E-state index contributed by atoms with van der Waals surface area (Å²) in [6.45, 7) is 7.03. The molecule has 0 N–H and O–H groups in total. The lowest BCUT2D eigenvalue weighted by Crippen LogP contribution is -2.26. The van der Waals surface area contributed by atoms with Crippen molar-refractivity contribution in [2.75, 3.05) is 19.9 Å². The summed E-state index contributed by atoms with van der Waals surface area (Å²) in [7, 11) is -3.21. The number of hydrogen-bond acceptors (Lipinski definition) is 5. The van der Waals surface area contributed by atoms with Crippen LogP contribution in [0.25, 0.3) is 0 Å². The van der Waals surface area contributed by atoms with Crippen LogP contribution in [0.2, 0.25) is 0 Å². The molecule has 0 spiro atoms. The zero-order valence-corrected chi connectivity index (χ0v) is 13.9. The molecule has 0 saturated carbocycles. The van der Waals surface area contributed by atoms with Gasteiger partial charge < -0.3 is 9.26 Å². The van der Waals surface area contributed by atoms with Gasteiger partial charge >= 0.3 is 13.6 Å². The van der Waals surface area contributed by atoms with Gasteiger partial charge in [0.2, 0.25) is 0 Å². The third-order valence-corrected chi connectivity index (χ3v) is 4.29. The van der Waals surface area contributed by atoms with Crippen LogP contribution in [0.4, 0.5) is 0 Å². The van der Waals surface area contributed by atoms with Crippen LogP contribution < -0.4 is 4.52 Å². The first-order chi connectivity index (χ1) is 9.77. The smallest absolute Gasteiger partial charge is 0.376 e. The fraction of sp³-hybridized carbons (Fsp3) is 0.533. The third-order valence-electron chi connectivity index (χ3n) is 3.09. The zero-order chi connectivity index (χ0) is 15.9. The molecular weight excluding hydrogens is 291 g/mol. The minimum atomic E-state index is -3.21. The van der Waals surface area contributed by atoms with Crippen LogP contribution in [0.15, 0.2) is 30.3 Å². The Kier molecular flexibility index (Phi) is 6.43. The largest absolute Gasteiger partial charge is 0.463 e. The average molecular weight is 314 g/mol. The Morgan fingerprint density at radius 1 is 1.19 bits per heavy atom. The molecule has 118 valence electrons. The minimum Gasteiger partial charge on any atom is -0.463 e. The highest BCUT2D eigenvalue weighted by molar-refractivity contribution is 7.53. The molecule has 0 amide bonds. The van der Waals surface area contributed by atoms with Crippen molar-refractivity contribution in [2.24, 2.45) is 5.41 Å². The topological polar surface area (TPSA) is 61.8 Å². The van der Waals surface area contributed by atoms with Gasteiger partial charge in [-0.1, -0.05) is 25.1 Å². The highest BCUT2D eigenvalue weighted by Gasteiger charge is 2.27. The normalized spacial score (nSPS) is 14.3. The summed E-state index contributed by atoms with van der Waals surface area (Å²) < 4.78 is 27.7. The average Bonchev–Trinajstić information content (AvgIpc) is 2.44. The van der Waals surface area contributed by atoms with E-state index in [-0.39, 0.29) is 19.2 Å². The maximum Gasteiger partial charge on any atom is 0.376 e. The molecule has 1 aromatic rings. The van der Waals surface area contributed by atoms with Gasteiger partial charge in [-0.25, -0.2) is 4.57 Å². The fourth-order valence-corrected chi connectivity index (χ4v) is 2.34. The van der Waals surface area contributed by atoms with Crippen molar-refractivity contribution in [3.63, 3.8) is 0 Å². The van der Waals surface area contributed by atoms with Crippen molar-refractivity contribution in [2.45, 2.75) is 27.2 Å². The quantitative estimate of drug-likeness (QED) is 0.414. The van der Waals surface area contributed by atoms with Gasteiger partial charge in [-0.3, -0.25) is 9.32 Å². The van der Waals surface area contributed by atoms with Gasteiger partial charge in [0.15, 0.2) is 0 Å². The molecule has 0 radical (unpaired) electrons. The Balaban J connectivity index is 2.35. The second kappa shape index (κ2) is 7.62. The SMILES string of the molecule is CCC(C)(C)C(=O)OCCOP(C)(=O)Oc1ccccc1. The van der Waals surface area contributed by atoms with Crippen LogP contribution in [-0.4, -0.2) is 25.8 Å². The molecule has 6 heteroatoms. The molecule has 21 heavy (non-hydrogen) atoms. The molecule has 1 unspecified atom stereocenters. The summed E-state index contributed by atoms with van der Waals surface area (Å²) in [6.07, 6.45) is 0.691. The van der Waals surface area contributed by atoms with E-state index in [1.807, 2.05) is 26.8 Å². The molecule has 5 nitrogen and oxygen atoms in total. The van der Waals surface area contributed by atoms with Crippen molar-refractivity contribution in [3.8, 4) is 5.75 Å². The van der Waals surface area contributed by atoms with Crippen LogP contribution in [0.3, 0.4) is 0 Å². The number of benzene rings is 1. The Morgan fingerprint density at radius 2 is 1.81 bits per heavy atom. The molecule has 0 aliphatic heterocycles. The molecule has 1 rings (SSSR count). The van der Waals surface area contributed by atoms with E-state index in [0.29, 0.717) is 12.2 Å². The summed E-state index contributed by atoms with van der Waals surface area (Å²) in [5, 5.41) is 0. The van der Waals surface area contributed by atoms with Crippen molar-refractivity contribution in [3.05, 3.63) is 30.3 Å². The lowest BCUT2D eigenvalue weighted by Gasteiger charge is -2.20. The van der Waals surface area contributed by atoms with Gasteiger partial charge in [0, 0.05) is 6.66 Å². The van der Waals surface area contributed by atoms with E-state index in [0.717, 1.165) is 0 Å². The van der Waals surface area contributed by atoms with Gasteiger partial charge in [-0.15, -0.1) is 0 Å². The molecule has 0 aromatic heterocycles. The lowest BCUT2D eigenvalue weighted by molar-refractivity contribution is -0.154. The fourth-order valence-electron chi connectivity index (χ4n) is 1.38. The van der Waals surface area contributed by atoms with Crippen molar-refractivity contribution >= 4 is 13.6 Å². The number of hydrogen-bond donors (Lipinski definition) is 0. The second-order valence-corrected chi connectivity index (χ2v) is 7.37. The zero-order valence-electron chi connectivity index (χ0n) is 13.0. The van der Waals surface area contributed by atoms with Crippen LogP contribution >= 0.6 is 7.60 Å². The molecule has 1 aromatic carbocycles. The highest BCUT2D eigenvalue weighted by Crippen LogP contribution is 2.44. The first kappa shape index (κ1) is 17.7. The molecule has 0 bridgehead atoms. The Labute approximate surface area is 126 Å². The molecule has 1 atom stereocenters. The minimum absolute atomic E-state index is 0.0339. The van der Waals surface area contributed by atoms with Gasteiger partial charge in [-0.2, -0.15) is 0 Å². The number of carbonyl (C=O) groups excluding carboxylic acids is 1. The molecule has 0 heterocycles. The van der Waals surface area contributed by atoms with Crippen LogP contribution in [0.5, 0.6) is 5.75 Å². The van der Waals surface area contributed by atoms with Crippen molar-refractivity contribution < 1.29 is 23.1 Å². The van der Waals surface area contributed by atoms with Gasteiger partial charge in [0.1, 0.15) is 12.4 Å². The summed E-state index contributed by atoms with van der Waals surface area (Å²) >= 11 is 0. The second-order valence-electron chi connectivity index (χ2n) is 5.38. The predicted octanol–water partition coefficient (Wildman–Crippen LogP) is 3.88. The third kappa shape index (κ3) is 6.32. The maximum atomic E-state index is 12.1. The van der Waals surface area contributed by atoms with Gasteiger partial charge in [-0.05, 0) is 32.4 Å². The summed E-state index contributed by atoms with van der Waals surface area (Å²) in [5.41, 5.74) is -0.517. The van der Waals surface area contributed by atoms with E-state index in [4.69, 9.17) is 13.8 Å². The van der Waals surface area contributed by atoms with E-state index in [9.17, 15) is 9.36 Å². The van der Waals surface area contributed by atoms with Gasteiger partial charge in [0.25, 0.3) is 0 Å². The highest BCUT2D eigenvalue weighted by atomic mass is 31.2. The standard InChI is InChI=1S/C15H23O5P/c1-5-15(2,3)14(16)18-11-12-19-21(4,17)20-13-9-7-6-8-10-13/h6-10H,5,11-12H2,1-4H3. The van der Waals surface area contributed by atoms with E-state index in [1.54, 1.807) is 24.3 Å². The molecule has 0 saturated heterocycles. The number of rotatable bonds is 8. The summed E-state index contributed by atoms with van der Waals surface area (Å²) in [6, 6.07) is 8.80. The Bertz CT molecular complexity index is 498. The van der Waals surface area contributed by atoms with E-state index in [2.05, 4.69) is 0 Å². The lowest BCUT2D eigenvalue weighted by atomic mass is 9.91. The number of para-hydroxylation sites is 1. The first-order valence-electron chi connectivity index (χ1n) is 6.91. The predicted molar refractivity (Wildman–Crippen MR) is 81.6 cm³/mol. The summed E-state index contributed by atoms with van der Waals surface area (Å²) in [4.78, 5) is 11.7. The van der Waals surface area contributed by atoms with E-state index < -0.39 is 13.0 Å². The van der Waals surface area contributed by atoms with E-state index >= 15 is 0 Å². The number of esters is 1. The molecular formula is C15H23O5P. The van der Waals surface area contributed by atoms with Crippen LogP contribution in [-0.2, 0) is 18.6 Å². The van der Waals surface area contributed by atoms with Crippen LogP contribution in [0, 0.1) is 5.41 Å². The van der Waals surface area contributed by atoms with Crippen molar-refractivity contribution in [1.82, 2.24) is 0 Å². The monoisotopic (exact) mass is 314 g/mol. The molecule has 0 aliphatic carbocycles. The number of carbonyl (C=O) groups is 1. The van der Waals surface area contributed by atoms with Gasteiger partial charge in [0.05, 0.1) is 12.0 Å².